The highest BCUT2D eigenvalue weighted by molar-refractivity contribution is 6.48. The standard InChI is InChI=1S/C8H4N2O3.C2H6.CH5N/c11-6-5-4(2-1-3-9-5)7(12)10-8(6)13;2*1-2/h1-3H,(H,10,12,13);1-2H3;2H2,1H3. The molecule has 2 rings (SSSR count). The van der Waals surface area contributed by atoms with Gasteiger partial charge in [-0.1, -0.05) is 13.8 Å². The molecule has 2 heterocycles. The van der Waals surface area contributed by atoms with Crippen LogP contribution in [0.3, 0.4) is 0 Å². The fraction of sp³-hybridized carbons (Fsp3) is 0.273. The van der Waals surface area contributed by atoms with Crippen LogP contribution in [0, 0.1) is 0 Å². The first-order valence-electron chi connectivity index (χ1n) is 5.13. The van der Waals surface area contributed by atoms with Crippen LogP contribution in [0.2, 0.25) is 0 Å². The summed E-state index contributed by atoms with van der Waals surface area (Å²) in [6, 6.07) is 2.98. The molecule has 1 aliphatic heterocycles. The van der Waals surface area contributed by atoms with E-state index < -0.39 is 17.6 Å². The molecular weight excluding hydrogens is 222 g/mol. The molecule has 0 radical (unpaired) electrons. The predicted octanol–water partition coefficient (Wildman–Crippen LogP) is 0.135. The number of amides is 2. The smallest absolute Gasteiger partial charge is 0.300 e. The molecule has 92 valence electrons. The number of nitrogens with zero attached hydrogens (tertiary/aromatic N) is 1. The van der Waals surface area contributed by atoms with E-state index in [-0.39, 0.29) is 11.3 Å². The number of ketones is 1. The second-order valence-electron chi connectivity index (χ2n) is 2.51. The van der Waals surface area contributed by atoms with Crippen LogP contribution in [-0.4, -0.2) is 29.6 Å². The molecule has 0 saturated heterocycles. The quantitative estimate of drug-likeness (QED) is 0.493. The van der Waals surface area contributed by atoms with Crippen molar-refractivity contribution in [1.82, 2.24) is 10.3 Å². The number of imide groups is 1. The zero-order valence-electron chi connectivity index (χ0n) is 9.98. The Bertz CT molecular complexity index is 430. The molecule has 0 bridgehead atoms. The van der Waals surface area contributed by atoms with Gasteiger partial charge in [0.05, 0.1) is 5.56 Å². The lowest BCUT2D eigenvalue weighted by Gasteiger charge is -2.11. The SMILES string of the molecule is CC.CN.O=C1NC(=O)c2cccnc2C1=O. The minimum Gasteiger partial charge on any atom is -0.333 e. The van der Waals surface area contributed by atoms with Crippen molar-refractivity contribution >= 4 is 17.6 Å². The summed E-state index contributed by atoms with van der Waals surface area (Å²) < 4.78 is 0. The highest BCUT2D eigenvalue weighted by Crippen LogP contribution is 2.10. The number of fused-ring (bicyclic) bond motifs is 1. The average molecular weight is 237 g/mol. The van der Waals surface area contributed by atoms with E-state index in [2.05, 4.69) is 10.7 Å². The van der Waals surface area contributed by atoms with Crippen LogP contribution in [0.25, 0.3) is 0 Å². The maximum atomic E-state index is 11.1. The summed E-state index contributed by atoms with van der Waals surface area (Å²) in [6.07, 6.45) is 1.36. The molecule has 0 fully saturated rings. The van der Waals surface area contributed by atoms with Gasteiger partial charge >= 0.3 is 5.91 Å². The number of pyridine rings is 1. The number of aromatic nitrogens is 1. The molecule has 17 heavy (non-hydrogen) atoms. The van der Waals surface area contributed by atoms with E-state index in [1.807, 2.05) is 19.2 Å². The zero-order chi connectivity index (χ0) is 13.4. The van der Waals surface area contributed by atoms with Crippen LogP contribution in [-0.2, 0) is 4.79 Å². The molecule has 0 aromatic carbocycles. The molecule has 0 aliphatic carbocycles. The lowest BCUT2D eigenvalue weighted by atomic mass is 10.1. The van der Waals surface area contributed by atoms with Gasteiger partial charge in [-0.2, -0.15) is 0 Å². The second-order valence-corrected chi connectivity index (χ2v) is 2.51. The Hall–Kier alpha value is -2.08. The molecule has 6 heteroatoms. The van der Waals surface area contributed by atoms with Gasteiger partial charge in [0.25, 0.3) is 11.7 Å². The minimum atomic E-state index is -0.920. The molecule has 1 aromatic heterocycles. The normalized spacial score (nSPS) is 12.4. The molecule has 3 N–H and O–H groups in total. The summed E-state index contributed by atoms with van der Waals surface area (Å²) in [4.78, 5) is 36.8. The van der Waals surface area contributed by atoms with Crippen molar-refractivity contribution in [2.75, 3.05) is 7.05 Å². The molecular formula is C11H15N3O3. The number of rotatable bonds is 0. The number of hydrogen-bond donors (Lipinski definition) is 2. The molecule has 1 aliphatic rings. The summed E-state index contributed by atoms with van der Waals surface area (Å²) >= 11 is 0. The number of nitrogens with one attached hydrogen (secondary N) is 1. The van der Waals surface area contributed by atoms with E-state index in [0.717, 1.165) is 0 Å². The lowest BCUT2D eigenvalue weighted by Crippen LogP contribution is -2.42. The molecule has 1 aromatic rings. The molecule has 0 spiro atoms. The summed E-state index contributed by atoms with van der Waals surface area (Å²) in [5, 5.41) is 1.92. The summed E-state index contributed by atoms with van der Waals surface area (Å²) in [5.41, 5.74) is 4.57. The van der Waals surface area contributed by atoms with Crippen molar-refractivity contribution in [1.29, 1.82) is 0 Å². The van der Waals surface area contributed by atoms with Gasteiger partial charge in [-0.3, -0.25) is 24.7 Å². The molecule has 0 saturated carbocycles. The van der Waals surface area contributed by atoms with Crippen LogP contribution in [0.5, 0.6) is 0 Å². The van der Waals surface area contributed by atoms with E-state index in [4.69, 9.17) is 0 Å². The maximum Gasteiger partial charge on any atom is 0.300 e. The van der Waals surface area contributed by atoms with Crippen molar-refractivity contribution in [3.63, 3.8) is 0 Å². The number of carbonyl (C=O) groups excluding carboxylic acids is 3. The van der Waals surface area contributed by atoms with Crippen LogP contribution < -0.4 is 11.1 Å². The molecule has 2 amide bonds. The summed E-state index contributed by atoms with van der Waals surface area (Å²) in [6.45, 7) is 4.00. The third kappa shape index (κ3) is 3.18. The van der Waals surface area contributed by atoms with Gasteiger partial charge in [0.1, 0.15) is 5.69 Å². The average Bonchev–Trinajstić information content (AvgIpc) is 2.41. The van der Waals surface area contributed by atoms with Crippen LogP contribution >= 0.6 is 0 Å². The Labute approximate surface area is 99.2 Å². The monoisotopic (exact) mass is 237 g/mol. The predicted molar refractivity (Wildman–Crippen MR) is 62.5 cm³/mol. The first kappa shape index (κ1) is 14.9. The van der Waals surface area contributed by atoms with Gasteiger partial charge in [0, 0.05) is 6.20 Å². The highest BCUT2D eigenvalue weighted by atomic mass is 16.2. The topological polar surface area (TPSA) is 102 Å². The van der Waals surface area contributed by atoms with Gasteiger partial charge in [-0.25, -0.2) is 0 Å². The number of carbonyl (C=O) groups is 3. The van der Waals surface area contributed by atoms with Gasteiger partial charge in [-0.05, 0) is 19.2 Å². The van der Waals surface area contributed by atoms with Gasteiger partial charge in [-0.15, -0.1) is 0 Å². The van der Waals surface area contributed by atoms with Crippen LogP contribution in [0.15, 0.2) is 18.3 Å². The maximum absolute atomic E-state index is 11.1. The van der Waals surface area contributed by atoms with E-state index in [0.29, 0.717) is 0 Å². The molecule has 0 atom stereocenters. The molecule has 6 nitrogen and oxygen atoms in total. The number of hydrogen-bond acceptors (Lipinski definition) is 5. The second kappa shape index (κ2) is 7.24. The van der Waals surface area contributed by atoms with Crippen molar-refractivity contribution in [2.24, 2.45) is 5.73 Å². The third-order valence-corrected chi connectivity index (χ3v) is 1.70. The molecule has 0 unspecified atom stereocenters. The van der Waals surface area contributed by atoms with Crippen molar-refractivity contribution < 1.29 is 14.4 Å². The minimum absolute atomic E-state index is 0.0729. The van der Waals surface area contributed by atoms with Crippen LogP contribution in [0.4, 0.5) is 0 Å². The highest BCUT2D eigenvalue weighted by Gasteiger charge is 2.30. The Morgan fingerprint density at radius 3 is 2.29 bits per heavy atom. The Morgan fingerprint density at radius 1 is 1.12 bits per heavy atom. The number of nitrogens with two attached hydrogens (primary N) is 1. The van der Waals surface area contributed by atoms with Crippen molar-refractivity contribution in [3.8, 4) is 0 Å². The number of Topliss-reactive ketones (excluding diaryl/α,β-unsaturated/α-hetero) is 1. The third-order valence-electron chi connectivity index (χ3n) is 1.70. The van der Waals surface area contributed by atoms with Crippen molar-refractivity contribution in [3.05, 3.63) is 29.6 Å². The zero-order valence-corrected chi connectivity index (χ0v) is 9.98. The Balaban J connectivity index is 0.000000581. The summed E-state index contributed by atoms with van der Waals surface area (Å²) in [5.74, 6) is -2.26. The van der Waals surface area contributed by atoms with Gasteiger partial charge in [0.15, 0.2) is 0 Å². The van der Waals surface area contributed by atoms with Gasteiger partial charge < -0.3 is 5.73 Å². The first-order valence-corrected chi connectivity index (χ1v) is 5.13. The van der Waals surface area contributed by atoms with Crippen LogP contribution in [0.1, 0.15) is 34.7 Å². The van der Waals surface area contributed by atoms with Gasteiger partial charge in [0.2, 0.25) is 0 Å². The van der Waals surface area contributed by atoms with E-state index >= 15 is 0 Å². The fourth-order valence-electron chi connectivity index (χ4n) is 1.10. The summed E-state index contributed by atoms with van der Waals surface area (Å²) in [7, 11) is 1.50. The lowest BCUT2D eigenvalue weighted by molar-refractivity contribution is -0.116. The van der Waals surface area contributed by atoms with E-state index in [9.17, 15) is 14.4 Å². The van der Waals surface area contributed by atoms with E-state index in [1.165, 1.54) is 25.4 Å². The van der Waals surface area contributed by atoms with E-state index in [1.54, 1.807) is 0 Å². The largest absolute Gasteiger partial charge is 0.333 e. The van der Waals surface area contributed by atoms with Crippen molar-refractivity contribution in [2.45, 2.75) is 13.8 Å². The Kier molecular flexibility index (Phi) is 6.35. The fourth-order valence-corrected chi connectivity index (χ4v) is 1.10. The first-order chi connectivity index (χ1) is 8.20. The Morgan fingerprint density at radius 2 is 1.71 bits per heavy atom.